The van der Waals surface area contributed by atoms with Crippen LogP contribution in [0.1, 0.15) is 17.9 Å². The molecule has 0 saturated heterocycles. The summed E-state index contributed by atoms with van der Waals surface area (Å²) in [5.74, 6) is -1.08. The second-order valence-electron chi connectivity index (χ2n) is 4.51. The smallest absolute Gasteiger partial charge is 0.304 e. The molecule has 3 N–H and O–H groups in total. The zero-order chi connectivity index (χ0) is 14.5. The van der Waals surface area contributed by atoms with Crippen LogP contribution in [0.5, 0.6) is 0 Å². The molecule has 1 aromatic carbocycles. The third-order valence-electron chi connectivity index (χ3n) is 3.14. The minimum absolute atomic E-state index is 0. The molecule has 0 unspecified atom stereocenters. The number of carbonyl (C=O) groups is 1. The lowest BCUT2D eigenvalue weighted by atomic mass is 9.93. The fourth-order valence-electron chi connectivity index (χ4n) is 2.09. The predicted molar refractivity (Wildman–Crippen MR) is 86.0 cm³/mol. The highest BCUT2D eigenvalue weighted by atomic mass is 35.5. The Morgan fingerprint density at radius 3 is 2.71 bits per heavy atom. The van der Waals surface area contributed by atoms with Gasteiger partial charge in [-0.05, 0) is 30.3 Å². The number of benzene rings is 1. The van der Waals surface area contributed by atoms with Crippen molar-refractivity contribution in [2.75, 3.05) is 6.54 Å². The maximum Gasteiger partial charge on any atom is 0.304 e. The van der Waals surface area contributed by atoms with Crippen LogP contribution in [0.3, 0.4) is 0 Å². The topological polar surface area (TPSA) is 76.2 Å². The van der Waals surface area contributed by atoms with Crippen molar-refractivity contribution in [1.29, 1.82) is 0 Å². The molecule has 0 amide bonds. The number of carboxylic acid groups (broad SMARTS) is 1. The molecule has 4 nitrogen and oxygen atoms in total. The highest BCUT2D eigenvalue weighted by Gasteiger charge is 2.15. The van der Waals surface area contributed by atoms with Crippen LogP contribution in [0.15, 0.2) is 42.7 Å². The first kappa shape index (κ1) is 17.4. The molecular weight excluding hydrogens is 311 g/mol. The van der Waals surface area contributed by atoms with E-state index >= 15 is 0 Å². The summed E-state index contributed by atoms with van der Waals surface area (Å²) in [6, 6.07) is 9.22. The number of hydrogen-bond acceptors (Lipinski definition) is 3. The number of halogens is 2. The van der Waals surface area contributed by atoms with Gasteiger partial charge in [-0.25, -0.2) is 0 Å². The normalized spacial score (nSPS) is 11.5. The molecule has 0 aliphatic rings. The van der Waals surface area contributed by atoms with Crippen LogP contribution < -0.4 is 5.73 Å². The van der Waals surface area contributed by atoms with E-state index in [0.29, 0.717) is 5.02 Å². The Balaban J connectivity index is 0.00000220. The number of hydrogen-bond donors (Lipinski definition) is 2. The van der Waals surface area contributed by atoms with Gasteiger partial charge in [-0.3, -0.25) is 9.78 Å². The lowest BCUT2D eigenvalue weighted by Gasteiger charge is -2.15. The van der Waals surface area contributed by atoms with E-state index < -0.39 is 5.97 Å². The monoisotopic (exact) mass is 326 g/mol. The molecule has 0 bridgehead atoms. The largest absolute Gasteiger partial charge is 0.481 e. The van der Waals surface area contributed by atoms with Gasteiger partial charge in [-0.1, -0.05) is 23.7 Å². The van der Waals surface area contributed by atoms with Crippen molar-refractivity contribution >= 4 is 30.0 Å². The Morgan fingerprint density at radius 2 is 2.14 bits per heavy atom. The lowest BCUT2D eigenvalue weighted by Crippen LogP contribution is -2.16. The predicted octanol–water partition coefficient (Wildman–Crippen LogP) is 3.34. The summed E-state index contributed by atoms with van der Waals surface area (Å²) in [7, 11) is 0. The number of carboxylic acids is 1. The number of aromatic nitrogens is 1. The number of aliphatic carboxylic acids is 1. The zero-order valence-corrected chi connectivity index (χ0v) is 12.8. The third-order valence-corrected chi connectivity index (χ3v) is 3.47. The van der Waals surface area contributed by atoms with E-state index in [9.17, 15) is 4.79 Å². The molecule has 0 radical (unpaired) electrons. The van der Waals surface area contributed by atoms with Gasteiger partial charge in [0.05, 0.1) is 6.42 Å². The summed E-state index contributed by atoms with van der Waals surface area (Å²) in [5, 5.41) is 9.53. The van der Waals surface area contributed by atoms with Crippen molar-refractivity contribution < 1.29 is 9.90 Å². The van der Waals surface area contributed by atoms with Crippen molar-refractivity contribution in [2.24, 2.45) is 5.73 Å². The van der Waals surface area contributed by atoms with E-state index in [2.05, 4.69) is 4.98 Å². The highest BCUT2D eigenvalue weighted by Crippen LogP contribution is 2.31. The quantitative estimate of drug-likeness (QED) is 0.883. The molecule has 21 heavy (non-hydrogen) atoms. The standard InChI is InChI=1S/C15H15ClN2O2.ClH/c16-14-4-3-10(12(8-17)7-15(19)20)6-13(14)11-2-1-5-18-9-11;/h1-6,9,12H,7-8,17H2,(H,19,20);1H/t12-;/m0./s1. The average Bonchev–Trinajstić information content (AvgIpc) is 2.46. The van der Waals surface area contributed by atoms with Gasteiger partial charge in [0.15, 0.2) is 0 Å². The molecule has 112 valence electrons. The Kier molecular flexibility index (Phi) is 6.62. The Bertz CT molecular complexity index is 606. The van der Waals surface area contributed by atoms with Crippen LogP contribution >= 0.6 is 24.0 Å². The molecule has 6 heteroatoms. The number of pyridine rings is 1. The van der Waals surface area contributed by atoms with Gasteiger partial charge in [0.2, 0.25) is 0 Å². The molecule has 0 fully saturated rings. The molecule has 1 atom stereocenters. The van der Waals surface area contributed by atoms with Gasteiger partial charge < -0.3 is 10.8 Å². The maximum atomic E-state index is 10.9. The Morgan fingerprint density at radius 1 is 1.38 bits per heavy atom. The summed E-state index contributed by atoms with van der Waals surface area (Å²) in [6.45, 7) is 0.278. The zero-order valence-electron chi connectivity index (χ0n) is 11.2. The summed E-state index contributed by atoms with van der Waals surface area (Å²) >= 11 is 6.21. The van der Waals surface area contributed by atoms with E-state index in [0.717, 1.165) is 16.7 Å². The Labute approximate surface area is 134 Å². The molecule has 2 rings (SSSR count). The lowest BCUT2D eigenvalue weighted by molar-refractivity contribution is -0.137. The van der Waals surface area contributed by atoms with Crippen molar-refractivity contribution in [3.05, 3.63) is 53.3 Å². The second kappa shape index (κ2) is 7.98. The minimum Gasteiger partial charge on any atom is -0.481 e. The van der Waals surface area contributed by atoms with Gasteiger partial charge >= 0.3 is 5.97 Å². The van der Waals surface area contributed by atoms with Crippen molar-refractivity contribution in [1.82, 2.24) is 4.98 Å². The molecule has 0 spiro atoms. The number of nitrogens with zero attached hydrogens (tertiary/aromatic N) is 1. The van der Waals surface area contributed by atoms with Crippen LogP contribution in [-0.2, 0) is 4.79 Å². The third kappa shape index (κ3) is 4.43. The van der Waals surface area contributed by atoms with Crippen LogP contribution in [0.4, 0.5) is 0 Å². The molecule has 1 aromatic heterocycles. The van der Waals surface area contributed by atoms with Gasteiger partial charge in [0.1, 0.15) is 0 Å². The van der Waals surface area contributed by atoms with Crippen molar-refractivity contribution in [3.8, 4) is 11.1 Å². The van der Waals surface area contributed by atoms with E-state index in [4.69, 9.17) is 22.4 Å². The second-order valence-corrected chi connectivity index (χ2v) is 4.92. The summed E-state index contributed by atoms with van der Waals surface area (Å²) in [5.41, 5.74) is 8.27. The van der Waals surface area contributed by atoms with Crippen LogP contribution in [-0.4, -0.2) is 22.6 Å². The molecule has 1 heterocycles. The minimum atomic E-state index is -0.863. The first-order chi connectivity index (χ1) is 9.61. The summed E-state index contributed by atoms with van der Waals surface area (Å²) in [6.07, 6.45) is 3.42. The summed E-state index contributed by atoms with van der Waals surface area (Å²) < 4.78 is 0. The number of nitrogens with two attached hydrogens (primary N) is 1. The average molecular weight is 327 g/mol. The van der Waals surface area contributed by atoms with Crippen LogP contribution in [0.25, 0.3) is 11.1 Å². The number of rotatable bonds is 5. The van der Waals surface area contributed by atoms with Gasteiger partial charge in [-0.15, -0.1) is 12.4 Å². The van der Waals surface area contributed by atoms with E-state index in [1.807, 2.05) is 24.3 Å². The SMILES string of the molecule is Cl.NC[C@H](CC(=O)O)c1ccc(Cl)c(-c2cccnc2)c1. The van der Waals surface area contributed by atoms with E-state index in [-0.39, 0.29) is 31.3 Å². The van der Waals surface area contributed by atoms with Gasteiger partial charge in [0, 0.05) is 34.5 Å². The Hall–Kier alpha value is -1.62. The maximum absolute atomic E-state index is 10.9. The molecule has 0 aliphatic carbocycles. The molecule has 2 aromatic rings. The fraction of sp³-hybridized carbons (Fsp3) is 0.200. The van der Waals surface area contributed by atoms with Crippen LogP contribution in [0.2, 0.25) is 5.02 Å². The van der Waals surface area contributed by atoms with Crippen LogP contribution in [0, 0.1) is 0 Å². The fourth-order valence-corrected chi connectivity index (χ4v) is 2.31. The van der Waals surface area contributed by atoms with E-state index in [1.54, 1.807) is 18.5 Å². The van der Waals surface area contributed by atoms with Crippen molar-refractivity contribution in [3.63, 3.8) is 0 Å². The van der Waals surface area contributed by atoms with Gasteiger partial charge in [0.25, 0.3) is 0 Å². The molecule has 0 aliphatic heterocycles. The first-order valence-corrected chi connectivity index (χ1v) is 6.61. The van der Waals surface area contributed by atoms with E-state index in [1.165, 1.54) is 0 Å². The van der Waals surface area contributed by atoms with Crippen molar-refractivity contribution in [2.45, 2.75) is 12.3 Å². The molecular formula is C15H16Cl2N2O2. The summed E-state index contributed by atoms with van der Waals surface area (Å²) in [4.78, 5) is 14.9. The first-order valence-electron chi connectivity index (χ1n) is 6.23. The highest BCUT2D eigenvalue weighted by molar-refractivity contribution is 6.33. The van der Waals surface area contributed by atoms with Gasteiger partial charge in [-0.2, -0.15) is 0 Å². The molecule has 0 saturated carbocycles.